The summed E-state index contributed by atoms with van der Waals surface area (Å²) in [6.07, 6.45) is -0.431. The molecule has 35 heavy (non-hydrogen) atoms. The molecule has 0 fully saturated rings. The van der Waals surface area contributed by atoms with Gasteiger partial charge >= 0.3 is 12.1 Å². The fourth-order valence-electron chi connectivity index (χ4n) is 3.25. The Kier molecular flexibility index (Phi) is 9.42. The van der Waals surface area contributed by atoms with Gasteiger partial charge in [-0.3, -0.25) is 4.79 Å². The molecular formula is C28H30N2O5. The lowest BCUT2D eigenvalue weighted by Gasteiger charge is -2.19. The van der Waals surface area contributed by atoms with Gasteiger partial charge < -0.3 is 20.1 Å². The highest BCUT2D eigenvalue weighted by Crippen LogP contribution is 2.14. The number of hydrogen-bond donors (Lipinski definition) is 2. The summed E-state index contributed by atoms with van der Waals surface area (Å²) in [5, 5.41) is 5.45. The molecule has 3 rings (SSSR count). The van der Waals surface area contributed by atoms with Gasteiger partial charge in [0, 0.05) is 12.1 Å². The largest absolute Gasteiger partial charge is 0.462 e. The smallest absolute Gasteiger partial charge is 0.408 e. The summed E-state index contributed by atoms with van der Waals surface area (Å²) < 4.78 is 10.6. The Hall–Kier alpha value is -4.13. The van der Waals surface area contributed by atoms with Crippen molar-refractivity contribution in [1.82, 2.24) is 5.32 Å². The summed E-state index contributed by atoms with van der Waals surface area (Å²) in [4.78, 5) is 37.9. The Balaban J connectivity index is 1.67. The molecule has 0 heterocycles. The Morgan fingerprint density at radius 2 is 1.46 bits per heavy atom. The average Bonchev–Trinajstić information content (AvgIpc) is 2.87. The van der Waals surface area contributed by atoms with Crippen LogP contribution in [0.5, 0.6) is 0 Å². The molecule has 7 nitrogen and oxygen atoms in total. The predicted molar refractivity (Wildman–Crippen MR) is 134 cm³/mol. The van der Waals surface area contributed by atoms with Crippen LogP contribution in [0.3, 0.4) is 0 Å². The molecule has 0 saturated carbocycles. The van der Waals surface area contributed by atoms with Crippen LogP contribution in [0, 0.1) is 5.92 Å². The fraction of sp³-hybridized carbons (Fsp3) is 0.250. The number of rotatable bonds is 10. The molecule has 0 spiro atoms. The highest BCUT2D eigenvalue weighted by molar-refractivity contribution is 5.98. The second-order valence-electron chi connectivity index (χ2n) is 8.51. The molecule has 0 aromatic heterocycles. The second-order valence-corrected chi connectivity index (χ2v) is 8.51. The van der Waals surface area contributed by atoms with Gasteiger partial charge in [-0.15, -0.1) is 0 Å². The zero-order valence-electron chi connectivity index (χ0n) is 19.9. The lowest BCUT2D eigenvalue weighted by molar-refractivity contribution is -0.118. The van der Waals surface area contributed by atoms with Gasteiger partial charge in [-0.25, -0.2) is 9.59 Å². The van der Waals surface area contributed by atoms with Crippen LogP contribution < -0.4 is 10.6 Å². The van der Waals surface area contributed by atoms with Crippen molar-refractivity contribution in [2.24, 2.45) is 5.92 Å². The quantitative estimate of drug-likeness (QED) is 0.405. The van der Waals surface area contributed by atoms with Crippen LogP contribution in [0.4, 0.5) is 10.5 Å². The molecule has 3 aromatic rings. The van der Waals surface area contributed by atoms with E-state index in [2.05, 4.69) is 10.6 Å². The summed E-state index contributed by atoms with van der Waals surface area (Å²) in [5.74, 6) is -0.676. The van der Waals surface area contributed by atoms with E-state index in [1.807, 2.05) is 74.5 Å². The normalized spacial score (nSPS) is 11.4. The molecule has 1 atom stereocenters. The molecule has 0 aliphatic carbocycles. The van der Waals surface area contributed by atoms with Gasteiger partial charge in [0.2, 0.25) is 5.91 Å². The monoisotopic (exact) mass is 474 g/mol. The molecule has 7 heteroatoms. The number of benzene rings is 3. The predicted octanol–water partition coefficient (Wildman–Crippen LogP) is 4.98. The van der Waals surface area contributed by atoms with Crippen molar-refractivity contribution in [3.05, 3.63) is 102 Å². The molecule has 0 saturated heterocycles. The summed E-state index contributed by atoms with van der Waals surface area (Å²) in [7, 11) is 0. The number of carbonyl (C=O) groups excluding carboxylic acids is 3. The lowest BCUT2D eigenvalue weighted by atomic mass is 10.1. The number of hydrogen-bond acceptors (Lipinski definition) is 5. The van der Waals surface area contributed by atoms with E-state index >= 15 is 0 Å². The topological polar surface area (TPSA) is 93.7 Å². The molecule has 3 aromatic carbocycles. The number of anilines is 1. The van der Waals surface area contributed by atoms with E-state index in [0.29, 0.717) is 17.9 Å². The Morgan fingerprint density at radius 3 is 2.11 bits per heavy atom. The fourth-order valence-corrected chi connectivity index (χ4v) is 3.25. The van der Waals surface area contributed by atoms with Gasteiger partial charge in [-0.1, -0.05) is 80.6 Å². The highest BCUT2D eigenvalue weighted by Gasteiger charge is 2.23. The minimum Gasteiger partial charge on any atom is -0.462 e. The van der Waals surface area contributed by atoms with Crippen molar-refractivity contribution in [2.75, 3.05) is 11.9 Å². The first kappa shape index (κ1) is 25.5. The Morgan fingerprint density at radius 1 is 0.800 bits per heavy atom. The molecule has 0 aliphatic heterocycles. The molecular weight excluding hydrogens is 444 g/mol. The van der Waals surface area contributed by atoms with E-state index in [0.717, 1.165) is 11.1 Å². The summed E-state index contributed by atoms with van der Waals surface area (Å²) >= 11 is 0. The number of amides is 2. The molecule has 0 radical (unpaired) electrons. The van der Waals surface area contributed by atoms with Crippen LogP contribution in [0.15, 0.2) is 84.9 Å². The standard InChI is InChI=1S/C28H30N2O5/c1-20(2)18-34-27(32)23-14-9-15-24(17-23)29-26(31)25(16-21-10-5-3-6-11-21)30-28(33)35-19-22-12-7-4-8-13-22/h3-15,17,20,25H,16,18-19H2,1-2H3,(H,29,31)(H,30,33). The summed E-state index contributed by atoms with van der Waals surface area (Å²) in [6, 6.07) is 24.3. The maximum absolute atomic E-state index is 13.1. The van der Waals surface area contributed by atoms with E-state index in [1.165, 1.54) is 0 Å². The van der Waals surface area contributed by atoms with Crippen LogP contribution in [-0.4, -0.2) is 30.6 Å². The van der Waals surface area contributed by atoms with Crippen molar-refractivity contribution in [1.29, 1.82) is 0 Å². The zero-order valence-corrected chi connectivity index (χ0v) is 19.9. The maximum Gasteiger partial charge on any atom is 0.408 e. The Labute approximate surface area is 205 Å². The molecule has 0 bridgehead atoms. The van der Waals surface area contributed by atoms with Crippen LogP contribution in [-0.2, 0) is 27.3 Å². The third kappa shape index (κ3) is 8.62. The third-order valence-corrected chi connectivity index (χ3v) is 5.02. The van der Waals surface area contributed by atoms with Crippen LogP contribution in [0.2, 0.25) is 0 Å². The van der Waals surface area contributed by atoms with Gasteiger partial charge in [0.25, 0.3) is 0 Å². The average molecular weight is 475 g/mol. The van der Waals surface area contributed by atoms with E-state index in [9.17, 15) is 14.4 Å². The van der Waals surface area contributed by atoms with Gasteiger partial charge in [-0.2, -0.15) is 0 Å². The molecule has 2 amide bonds. The minimum atomic E-state index is -0.891. The number of nitrogens with one attached hydrogen (secondary N) is 2. The maximum atomic E-state index is 13.1. The van der Waals surface area contributed by atoms with E-state index in [4.69, 9.17) is 9.47 Å². The third-order valence-electron chi connectivity index (χ3n) is 5.02. The second kappa shape index (κ2) is 12.9. The van der Waals surface area contributed by atoms with Gasteiger partial charge in [-0.05, 0) is 35.2 Å². The van der Waals surface area contributed by atoms with Crippen molar-refractivity contribution in [3.8, 4) is 0 Å². The minimum absolute atomic E-state index is 0.0902. The number of carbonyl (C=O) groups is 3. The molecule has 2 N–H and O–H groups in total. The number of esters is 1. The van der Waals surface area contributed by atoms with Crippen molar-refractivity contribution >= 4 is 23.7 Å². The first-order chi connectivity index (χ1) is 16.9. The van der Waals surface area contributed by atoms with Crippen LogP contribution >= 0.6 is 0 Å². The van der Waals surface area contributed by atoms with E-state index in [-0.39, 0.29) is 18.9 Å². The van der Waals surface area contributed by atoms with Crippen molar-refractivity contribution in [2.45, 2.75) is 32.9 Å². The van der Waals surface area contributed by atoms with E-state index in [1.54, 1.807) is 24.3 Å². The Bertz CT molecular complexity index is 1120. The number of ether oxygens (including phenoxy) is 2. The van der Waals surface area contributed by atoms with Gasteiger partial charge in [0.15, 0.2) is 0 Å². The molecule has 182 valence electrons. The first-order valence-corrected chi connectivity index (χ1v) is 11.5. The van der Waals surface area contributed by atoms with Crippen LogP contribution in [0.1, 0.15) is 35.3 Å². The van der Waals surface area contributed by atoms with Crippen LogP contribution in [0.25, 0.3) is 0 Å². The zero-order chi connectivity index (χ0) is 25.0. The SMILES string of the molecule is CC(C)COC(=O)c1cccc(NC(=O)C(Cc2ccccc2)NC(=O)OCc2ccccc2)c1. The lowest BCUT2D eigenvalue weighted by Crippen LogP contribution is -2.45. The summed E-state index contributed by atoms with van der Waals surface area (Å²) in [6.45, 7) is 4.31. The summed E-state index contributed by atoms with van der Waals surface area (Å²) in [5.41, 5.74) is 2.47. The van der Waals surface area contributed by atoms with Gasteiger partial charge in [0.1, 0.15) is 12.6 Å². The first-order valence-electron chi connectivity index (χ1n) is 11.5. The highest BCUT2D eigenvalue weighted by atomic mass is 16.5. The molecule has 1 unspecified atom stereocenters. The van der Waals surface area contributed by atoms with Crippen molar-refractivity contribution < 1.29 is 23.9 Å². The van der Waals surface area contributed by atoms with Gasteiger partial charge in [0.05, 0.1) is 12.2 Å². The molecule has 0 aliphatic rings. The van der Waals surface area contributed by atoms with Crippen molar-refractivity contribution in [3.63, 3.8) is 0 Å². The number of alkyl carbamates (subject to hydrolysis) is 1. The van der Waals surface area contributed by atoms with E-state index < -0.39 is 24.0 Å².